The molecule has 3 nitrogen and oxygen atoms in total. The molecule has 4 heteroatoms. The number of alkyl halides is 1. The summed E-state index contributed by atoms with van der Waals surface area (Å²) in [6.07, 6.45) is -1.48. The van der Waals surface area contributed by atoms with Crippen molar-refractivity contribution < 1.29 is 19.4 Å². The molecule has 0 amide bonds. The molecule has 2 atom stereocenters. The first-order chi connectivity index (χ1) is 7.00. The van der Waals surface area contributed by atoms with Gasteiger partial charge in [0.25, 0.3) is 0 Å². The van der Waals surface area contributed by atoms with Crippen molar-refractivity contribution in [3.05, 3.63) is 29.8 Å². The maximum absolute atomic E-state index is 13.2. The molecule has 1 rings (SSSR count). The van der Waals surface area contributed by atoms with Crippen LogP contribution in [0.25, 0.3) is 0 Å². The summed E-state index contributed by atoms with van der Waals surface area (Å²) in [7, 11) is 0. The third-order valence-corrected chi connectivity index (χ3v) is 2.27. The predicted molar refractivity (Wildman–Crippen MR) is 53.7 cm³/mol. The Balaban J connectivity index is 2.88. The van der Waals surface area contributed by atoms with Crippen molar-refractivity contribution in [3.8, 4) is 5.75 Å². The number of hydrogen-bond donors (Lipinski definition) is 2. The highest BCUT2D eigenvalue weighted by Gasteiger charge is 2.21. The van der Waals surface area contributed by atoms with Crippen molar-refractivity contribution in [2.75, 3.05) is 0 Å². The van der Waals surface area contributed by atoms with Crippen LogP contribution in [0.4, 0.5) is 4.39 Å². The lowest BCUT2D eigenvalue weighted by Crippen LogP contribution is -2.14. The third-order valence-electron chi connectivity index (χ3n) is 2.27. The number of phenols is 1. The summed E-state index contributed by atoms with van der Waals surface area (Å²) in [5.41, 5.74) is 0.588. The molecular formula is C11H13FO3. The minimum Gasteiger partial charge on any atom is -0.508 e. The second-order valence-electron chi connectivity index (χ2n) is 3.47. The van der Waals surface area contributed by atoms with Crippen molar-refractivity contribution in [1.29, 1.82) is 0 Å². The van der Waals surface area contributed by atoms with E-state index in [-0.39, 0.29) is 12.2 Å². The standard InChI is InChI=1S/C11H13FO3/c1-7(12)10(6-11(14)15)8-2-4-9(13)5-3-8/h2-5,7,10,13H,6H2,1H3,(H,14,15). The van der Waals surface area contributed by atoms with Crippen molar-refractivity contribution in [2.45, 2.75) is 25.4 Å². The van der Waals surface area contributed by atoms with Crippen LogP contribution in [0.3, 0.4) is 0 Å². The van der Waals surface area contributed by atoms with E-state index >= 15 is 0 Å². The van der Waals surface area contributed by atoms with Crippen LogP contribution in [0, 0.1) is 0 Å². The third kappa shape index (κ3) is 3.23. The van der Waals surface area contributed by atoms with E-state index in [0.29, 0.717) is 5.56 Å². The molecule has 0 fully saturated rings. The van der Waals surface area contributed by atoms with Crippen LogP contribution in [0.15, 0.2) is 24.3 Å². The molecule has 0 saturated heterocycles. The predicted octanol–water partition coefficient (Wildman–Crippen LogP) is 2.31. The van der Waals surface area contributed by atoms with Crippen LogP contribution in [0.2, 0.25) is 0 Å². The average Bonchev–Trinajstić information content (AvgIpc) is 2.15. The summed E-state index contributed by atoms with van der Waals surface area (Å²) in [6, 6.07) is 5.93. The molecule has 1 aromatic rings. The fraction of sp³-hybridized carbons (Fsp3) is 0.364. The van der Waals surface area contributed by atoms with E-state index in [0.717, 1.165) is 0 Å². The number of carboxylic acids is 1. The van der Waals surface area contributed by atoms with Gasteiger partial charge >= 0.3 is 5.97 Å². The molecular weight excluding hydrogens is 199 g/mol. The van der Waals surface area contributed by atoms with Gasteiger partial charge in [0.05, 0.1) is 6.42 Å². The lowest BCUT2D eigenvalue weighted by atomic mass is 9.92. The van der Waals surface area contributed by atoms with E-state index < -0.39 is 18.1 Å². The molecule has 0 saturated carbocycles. The Kier molecular flexibility index (Phi) is 3.66. The van der Waals surface area contributed by atoms with Gasteiger partial charge in [-0.25, -0.2) is 4.39 Å². The first-order valence-electron chi connectivity index (χ1n) is 4.65. The quantitative estimate of drug-likeness (QED) is 0.805. The van der Waals surface area contributed by atoms with Crippen molar-refractivity contribution in [2.24, 2.45) is 0 Å². The van der Waals surface area contributed by atoms with Gasteiger partial charge in [-0.05, 0) is 24.6 Å². The molecule has 15 heavy (non-hydrogen) atoms. The minimum absolute atomic E-state index is 0.0827. The first kappa shape index (κ1) is 11.5. The SMILES string of the molecule is CC(F)C(CC(=O)O)c1ccc(O)cc1. The molecule has 0 radical (unpaired) electrons. The smallest absolute Gasteiger partial charge is 0.304 e. The van der Waals surface area contributed by atoms with E-state index in [9.17, 15) is 9.18 Å². The summed E-state index contributed by atoms with van der Waals surface area (Å²) in [6.45, 7) is 1.33. The van der Waals surface area contributed by atoms with Gasteiger partial charge in [0.2, 0.25) is 0 Å². The van der Waals surface area contributed by atoms with Gasteiger partial charge in [-0.3, -0.25) is 4.79 Å². The van der Waals surface area contributed by atoms with Gasteiger partial charge < -0.3 is 10.2 Å². The van der Waals surface area contributed by atoms with E-state index in [1.165, 1.54) is 19.1 Å². The van der Waals surface area contributed by atoms with E-state index in [2.05, 4.69) is 0 Å². The zero-order valence-corrected chi connectivity index (χ0v) is 8.35. The molecule has 0 bridgehead atoms. The molecule has 1 aromatic carbocycles. The molecule has 0 aliphatic rings. The second kappa shape index (κ2) is 4.77. The molecule has 2 N–H and O–H groups in total. The van der Waals surface area contributed by atoms with Crippen LogP contribution in [-0.2, 0) is 4.79 Å². The fourth-order valence-electron chi connectivity index (χ4n) is 1.46. The van der Waals surface area contributed by atoms with Gasteiger partial charge in [0, 0.05) is 5.92 Å². The lowest BCUT2D eigenvalue weighted by Gasteiger charge is -2.16. The van der Waals surface area contributed by atoms with E-state index in [1.807, 2.05) is 0 Å². The zero-order chi connectivity index (χ0) is 11.4. The van der Waals surface area contributed by atoms with Crippen LogP contribution >= 0.6 is 0 Å². The van der Waals surface area contributed by atoms with Crippen LogP contribution < -0.4 is 0 Å². The normalized spacial score (nSPS) is 14.5. The molecule has 0 aliphatic heterocycles. The van der Waals surface area contributed by atoms with Crippen molar-refractivity contribution in [1.82, 2.24) is 0 Å². The molecule has 82 valence electrons. The number of benzene rings is 1. The maximum atomic E-state index is 13.2. The number of aromatic hydroxyl groups is 1. The van der Waals surface area contributed by atoms with E-state index in [4.69, 9.17) is 10.2 Å². The number of rotatable bonds is 4. The van der Waals surface area contributed by atoms with Gasteiger partial charge in [-0.2, -0.15) is 0 Å². The fourth-order valence-corrected chi connectivity index (χ4v) is 1.46. The van der Waals surface area contributed by atoms with Gasteiger partial charge in [-0.1, -0.05) is 12.1 Å². The number of carbonyl (C=O) groups is 1. The van der Waals surface area contributed by atoms with Crippen LogP contribution in [-0.4, -0.2) is 22.4 Å². The Morgan fingerprint density at radius 2 is 1.93 bits per heavy atom. The number of hydrogen-bond acceptors (Lipinski definition) is 2. The first-order valence-corrected chi connectivity index (χ1v) is 4.65. The van der Waals surface area contributed by atoms with Gasteiger partial charge in [0.1, 0.15) is 11.9 Å². The Labute approximate surface area is 87.2 Å². The Morgan fingerprint density at radius 1 is 1.40 bits per heavy atom. The number of aliphatic carboxylic acids is 1. The summed E-state index contributed by atoms with van der Waals surface area (Å²) in [5.74, 6) is -1.61. The Morgan fingerprint density at radius 3 is 2.33 bits per heavy atom. The molecule has 0 spiro atoms. The van der Waals surface area contributed by atoms with Crippen molar-refractivity contribution >= 4 is 5.97 Å². The lowest BCUT2D eigenvalue weighted by molar-refractivity contribution is -0.137. The molecule has 0 aliphatic carbocycles. The second-order valence-corrected chi connectivity index (χ2v) is 3.47. The zero-order valence-electron chi connectivity index (χ0n) is 8.35. The summed E-state index contributed by atoms with van der Waals surface area (Å²) >= 11 is 0. The highest BCUT2D eigenvalue weighted by atomic mass is 19.1. The largest absolute Gasteiger partial charge is 0.508 e. The summed E-state index contributed by atoms with van der Waals surface area (Å²) in [4.78, 5) is 10.5. The highest BCUT2D eigenvalue weighted by molar-refractivity contribution is 5.68. The number of phenolic OH excluding ortho intramolecular Hbond substituents is 1. The Hall–Kier alpha value is -1.58. The van der Waals surface area contributed by atoms with E-state index in [1.54, 1.807) is 12.1 Å². The maximum Gasteiger partial charge on any atom is 0.304 e. The number of carboxylic acid groups (broad SMARTS) is 1. The number of halogens is 1. The Bertz CT molecular complexity index is 332. The topological polar surface area (TPSA) is 57.5 Å². The summed E-state index contributed by atoms with van der Waals surface area (Å²) in [5, 5.41) is 17.7. The average molecular weight is 212 g/mol. The summed E-state index contributed by atoms with van der Waals surface area (Å²) < 4.78 is 13.2. The van der Waals surface area contributed by atoms with Crippen molar-refractivity contribution in [3.63, 3.8) is 0 Å². The minimum atomic E-state index is -1.23. The van der Waals surface area contributed by atoms with Gasteiger partial charge in [0.15, 0.2) is 0 Å². The van der Waals surface area contributed by atoms with Crippen LogP contribution in [0.5, 0.6) is 5.75 Å². The molecule has 0 heterocycles. The molecule has 2 unspecified atom stereocenters. The monoisotopic (exact) mass is 212 g/mol. The van der Waals surface area contributed by atoms with Gasteiger partial charge in [-0.15, -0.1) is 0 Å². The molecule has 0 aromatic heterocycles. The van der Waals surface area contributed by atoms with Crippen LogP contribution in [0.1, 0.15) is 24.8 Å². The highest BCUT2D eigenvalue weighted by Crippen LogP contribution is 2.26.